The van der Waals surface area contributed by atoms with E-state index < -0.39 is 11.9 Å². The smallest absolute Gasteiger partial charge is 0.409 e. The van der Waals surface area contributed by atoms with Gasteiger partial charge in [0.05, 0.1) is 22.8 Å². The second-order valence-corrected chi connectivity index (χ2v) is 7.91. The molecule has 0 saturated heterocycles. The molecule has 5 rings (SSSR count). The lowest BCUT2D eigenvalue weighted by molar-refractivity contribution is 0.210. The Morgan fingerprint density at radius 1 is 1.12 bits per heavy atom. The third-order valence-electron chi connectivity index (χ3n) is 5.44. The van der Waals surface area contributed by atoms with Crippen LogP contribution in [0.4, 0.5) is 14.9 Å². The summed E-state index contributed by atoms with van der Waals surface area (Å²) in [6, 6.07) is 18.8. The van der Waals surface area contributed by atoms with Crippen molar-refractivity contribution in [2.45, 2.75) is 6.42 Å². The van der Waals surface area contributed by atoms with E-state index in [2.05, 4.69) is 26.5 Å². The van der Waals surface area contributed by atoms with Gasteiger partial charge in [-0.15, -0.1) is 0 Å². The van der Waals surface area contributed by atoms with Crippen LogP contribution in [0.15, 0.2) is 84.1 Å². The Morgan fingerprint density at radius 2 is 1.94 bits per heavy atom. The van der Waals surface area contributed by atoms with E-state index in [1.807, 2.05) is 43.7 Å². The molecule has 34 heavy (non-hydrogen) atoms. The van der Waals surface area contributed by atoms with Gasteiger partial charge >= 0.3 is 6.09 Å². The van der Waals surface area contributed by atoms with E-state index in [9.17, 15) is 9.18 Å². The van der Waals surface area contributed by atoms with E-state index in [1.54, 1.807) is 16.8 Å². The summed E-state index contributed by atoms with van der Waals surface area (Å²) in [7, 11) is 1.91. The highest BCUT2D eigenvalue weighted by Crippen LogP contribution is 2.29. The van der Waals surface area contributed by atoms with Gasteiger partial charge in [0, 0.05) is 42.1 Å². The first-order valence-corrected chi connectivity index (χ1v) is 10.8. The van der Waals surface area contributed by atoms with Gasteiger partial charge in [0.2, 0.25) is 0 Å². The fourth-order valence-electron chi connectivity index (χ4n) is 3.91. The van der Waals surface area contributed by atoms with Crippen LogP contribution in [0.2, 0.25) is 0 Å². The van der Waals surface area contributed by atoms with Crippen LogP contribution in [-0.4, -0.2) is 27.4 Å². The molecule has 0 atom stereocenters. The zero-order valence-corrected chi connectivity index (χ0v) is 18.5. The molecule has 7 nitrogen and oxygen atoms in total. The third-order valence-corrected chi connectivity index (χ3v) is 5.44. The van der Waals surface area contributed by atoms with Crippen LogP contribution in [0.5, 0.6) is 5.75 Å². The molecule has 0 aliphatic heterocycles. The minimum atomic E-state index is -0.821. The number of anilines is 1. The number of halogens is 1. The fraction of sp³-hybridized carbons (Fsp3) is 0.115. The number of aromatic amines is 1. The van der Waals surface area contributed by atoms with Gasteiger partial charge in [0.25, 0.3) is 0 Å². The number of H-pyrrole nitrogens is 1. The number of fused-ring (bicyclic) bond motifs is 3. The Morgan fingerprint density at radius 3 is 2.76 bits per heavy atom. The molecule has 5 aromatic rings. The Balaban J connectivity index is 1.42. The van der Waals surface area contributed by atoms with Crippen molar-refractivity contribution >= 4 is 33.6 Å². The minimum Gasteiger partial charge on any atom is -0.409 e. The lowest BCUT2D eigenvalue weighted by Crippen LogP contribution is -2.08. The average Bonchev–Trinajstić information content (AvgIpc) is 3.31. The molecule has 2 heterocycles. The van der Waals surface area contributed by atoms with Crippen LogP contribution in [0.3, 0.4) is 0 Å². The molecule has 0 radical (unpaired) electrons. The number of carbonyl (C=O) groups excluding carboxylic acids is 1. The number of rotatable bonds is 5. The molecule has 170 valence electrons. The summed E-state index contributed by atoms with van der Waals surface area (Å²) < 4.78 is 20.3. The second-order valence-electron chi connectivity index (χ2n) is 7.91. The molecule has 8 heteroatoms. The Bertz CT molecular complexity index is 1570. The molecule has 0 fully saturated rings. The van der Waals surface area contributed by atoms with E-state index in [0.717, 1.165) is 46.5 Å². The summed E-state index contributed by atoms with van der Waals surface area (Å²) in [5, 5.41) is 10.2. The quantitative estimate of drug-likeness (QED) is 0.393. The summed E-state index contributed by atoms with van der Waals surface area (Å²) in [6.45, 7) is 0.764. The number of nitrogens with zero attached hydrogens (tertiary/aromatic N) is 3. The molecule has 0 spiro atoms. The third kappa shape index (κ3) is 4.66. The summed E-state index contributed by atoms with van der Waals surface area (Å²) in [6.07, 6.45) is 3.92. The average molecular weight is 455 g/mol. The van der Waals surface area contributed by atoms with Crippen LogP contribution < -0.4 is 15.4 Å². The van der Waals surface area contributed by atoms with Crippen molar-refractivity contribution in [1.29, 1.82) is 0 Å². The van der Waals surface area contributed by atoms with Gasteiger partial charge in [0.15, 0.2) is 0 Å². The van der Waals surface area contributed by atoms with E-state index in [0.29, 0.717) is 5.36 Å². The Hall–Kier alpha value is -4.46. The van der Waals surface area contributed by atoms with Gasteiger partial charge in [-0.25, -0.2) is 9.18 Å². The number of ether oxygens (including phenoxy) is 1. The number of benzene rings is 2. The molecule has 0 unspecified atom stereocenters. The monoisotopic (exact) mass is 455 g/mol. The summed E-state index contributed by atoms with van der Waals surface area (Å²) in [4.78, 5) is 19.7. The number of aryl methyl sites for hydroxylation is 1. The maximum absolute atomic E-state index is 13.3. The minimum absolute atomic E-state index is 0.104. The zero-order chi connectivity index (χ0) is 23.5. The fourth-order valence-corrected chi connectivity index (χ4v) is 3.91. The Kier molecular flexibility index (Phi) is 5.78. The lowest BCUT2D eigenvalue weighted by Gasteiger charge is -2.06. The molecule has 3 aromatic carbocycles. The first-order valence-electron chi connectivity index (χ1n) is 10.8. The number of nitrogens with one attached hydrogen (secondary N) is 2. The van der Waals surface area contributed by atoms with E-state index >= 15 is 0 Å². The SMILES string of the molecule is Cn1cc(CCNc2cccc3c2[nH]c2cc(=NC(=O)Oc4cccc(F)c4)cccc23)cn1. The summed E-state index contributed by atoms with van der Waals surface area (Å²) in [5.41, 5.74) is 3.97. The van der Waals surface area contributed by atoms with E-state index in [4.69, 9.17) is 4.74 Å². The molecule has 0 saturated carbocycles. The zero-order valence-electron chi connectivity index (χ0n) is 18.5. The molecule has 2 N–H and O–H groups in total. The molecule has 2 aromatic heterocycles. The summed E-state index contributed by atoms with van der Waals surface area (Å²) >= 11 is 0. The highest BCUT2D eigenvalue weighted by Gasteiger charge is 2.08. The van der Waals surface area contributed by atoms with Gasteiger partial charge in [-0.2, -0.15) is 10.1 Å². The molecular weight excluding hydrogens is 433 g/mol. The number of hydrogen-bond acceptors (Lipinski definition) is 4. The van der Waals surface area contributed by atoms with Crippen molar-refractivity contribution in [2.75, 3.05) is 11.9 Å². The van der Waals surface area contributed by atoms with Crippen molar-refractivity contribution < 1.29 is 13.9 Å². The van der Waals surface area contributed by atoms with Crippen LogP contribution in [0.25, 0.3) is 21.8 Å². The molecular formula is C26H22FN5O2. The first-order chi connectivity index (χ1) is 16.5. The number of hydrogen-bond donors (Lipinski definition) is 2. The number of para-hydroxylation sites is 1. The highest BCUT2D eigenvalue weighted by molar-refractivity contribution is 6.10. The van der Waals surface area contributed by atoms with Crippen molar-refractivity contribution in [3.05, 3.63) is 95.9 Å². The van der Waals surface area contributed by atoms with Crippen molar-refractivity contribution in [1.82, 2.24) is 14.8 Å². The van der Waals surface area contributed by atoms with E-state index in [-0.39, 0.29) is 5.75 Å². The number of aromatic nitrogens is 3. The molecule has 0 bridgehead atoms. The molecule has 0 aliphatic rings. The summed E-state index contributed by atoms with van der Waals surface area (Å²) in [5.74, 6) is -0.382. The number of carbonyl (C=O) groups is 1. The van der Waals surface area contributed by atoms with Crippen LogP contribution in [0.1, 0.15) is 5.56 Å². The van der Waals surface area contributed by atoms with Gasteiger partial charge in [-0.1, -0.05) is 30.3 Å². The standard InChI is InChI=1S/C26H22FN5O2/c1-32-16-17(15-29-32)11-12-28-23-10-4-9-22-21-8-3-6-19(14-24(21)31-25(22)23)30-26(33)34-20-7-2-5-18(27)13-20/h2-10,13-16,28,31H,11-12H2,1H3. The topological polar surface area (TPSA) is 84.3 Å². The Labute approximate surface area is 194 Å². The molecule has 0 aliphatic carbocycles. The van der Waals surface area contributed by atoms with Crippen molar-refractivity contribution in [3.8, 4) is 5.75 Å². The van der Waals surface area contributed by atoms with Gasteiger partial charge in [-0.3, -0.25) is 4.68 Å². The first kappa shape index (κ1) is 21.4. The highest BCUT2D eigenvalue weighted by atomic mass is 19.1. The lowest BCUT2D eigenvalue weighted by atomic mass is 10.1. The van der Waals surface area contributed by atoms with Crippen molar-refractivity contribution in [3.63, 3.8) is 0 Å². The van der Waals surface area contributed by atoms with Gasteiger partial charge in [-0.05, 0) is 42.3 Å². The maximum Gasteiger partial charge on any atom is 0.439 e. The second kappa shape index (κ2) is 9.19. The predicted molar refractivity (Wildman–Crippen MR) is 129 cm³/mol. The normalized spacial score (nSPS) is 11.8. The van der Waals surface area contributed by atoms with Crippen molar-refractivity contribution in [2.24, 2.45) is 12.0 Å². The van der Waals surface area contributed by atoms with Gasteiger partial charge < -0.3 is 15.0 Å². The largest absolute Gasteiger partial charge is 0.439 e. The number of amides is 1. The maximum atomic E-state index is 13.3. The van der Waals surface area contributed by atoms with E-state index in [1.165, 1.54) is 23.8 Å². The van der Waals surface area contributed by atoms with Crippen LogP contribution >= 0.6 is 0 Å². The van der Waals surface area contributed by atoms with Gasteiger partial charge in [0.1, 0.15) is 11.6 Å². The van der Waals surface area contributed by atoms with Crippen LogP contribution in [-0.2, 0) is 13.5 Å². The molecule has 1 amide bonds. The van der Waals surface area contributed by atoms with Crippen LogP contribution in [0, 0.1) is 5.82 Å². The predicted octanol–water partition coefficient (Wildman–Crippen LogP) is 4.95.